The Hall–Kier alpha value is -2.58. The van der Waals surface area contributed by atoms with Crippen molar-refractivity contribution in [1.29, 1.82) is 0 Å². The van der Waals surface area contributed by atoms with E-state index in [1.807, 2.05) is 24.3 Å². The highest BCUT2D eigenvalue weighted by atomic mass is 32.2. The van der Waals surface area contributed by atoms with Crippen molar-refractivity contribution in [1.82, 2.24) is 9.62 Å². The Morgan fingerprint density at radius 3 is 2.49 bits per heavy atom. The van der Waals surface area contributed by atoms with Gasteiger partial charge in [0.2, 0.25) is 10.0 Å². The maximum absolute atomic E-state index is 13.6. The Morgan fingerprint density at radius 2 is 1.83 bits per heavy atom. The minimum Gasteiger partial charge on any atom is -0.496 e. The highest BCUT2D eigenvalue weighted by Crippen LogP contribution is 2.43. The fraction of sp³-hybridized carbons (Fsp3) is 0.519. The van der Waals surface area contributed by atoms with E-state index < -0.39 is 21.7 Å². The second-order valence-corrected chi connectivity index (χ2v) is 11.5. The molecule has 8 heteroatoms. The van der Waals surface area contributed by atoms with Crippen molar-refractivity contribution in [2.75, 3.05) is 20.2 Å². The van der Waals surface area contributed by atoms with Crippen LogP contribution < -0.4 is 14.2 Å². The van der Waals surface area contributed by atoms with E-state index in [4.69, 9.17) is 9.47 Å². The number of amides is 1. The van der Waals surface area contributed by atoms with Crippen LogP contribution in [0.4, 0.5) is 0 Å². The minimum atomic E-state index is -3.92. The lowest BCUT2D eigenvalue weighted by Gasteiger charge is -2.41. The third kappa shape index (κ3) is 5.19. The average molecular weight is 501 g/mol. The van der Waals surface area contributed by atoms with E-state index in [1.54, 1.807) is 11.0 Å². The smallest absolute Gasteiger partial charge is 0.257 e. The highest BCUT2D eigenvalue weighted by Gasteiger charge is 2.40. The molecule has 0 saturated carbocycles. The largest absolute Gasteiger partial charge is 0.496 e. The second-order valence-electron chi connectivity index (χ2n) is 9.74. The maximum atomic E-state index is 13.6. The van der Waals surface area contributed by atoms with Gasteiger partial charge in [-0.05, 0) is 55.9 Å². The number of para-hydroxylation sites is 1. The molecule has 0 bridgehead atoms. The van der Waals surface area contributed by atoms with Crippen LogP contribution in [0.3, 0.4) is 0 Å². The molecule has 35 heavy (non-hydrogen) atoms. The number of hydrogen-bond donors (Lipinski definition) is 1. The van der Waals surface area contributed by atoms with E-state index >= 15 is 0 Å². The average Bonchev–Trinajstić information content (AvgIpc) is 2.88. The minimum absolute atomic E-state index is 0.0506. The van der Waals surface area contributed by atoms with Crippen LogP contribution in [-0.4, -0.2) is 45.0 Å². The number of sulfonamides is 1. The summed E-state index contributed by atoms with van der Waals surface area (Å²) in [4.78, 5) is 15.1. The van der Waals surface area contributed by atoms with Crippen LogP contribution in [-0.2, 0) is 10.0 Å². The number of rotatable bonds is 7. The van der Waals surface area contributed by atoms with Gasteiger partial charge in [0.05, 0.1) is 23.6 Å². The first-order chi connectivity index (χ1) is 16.7. The normalized spacial score (nSPS) is 20.1. The fourth-order valence-electron chi connectivity index (χ4n) is 5.07. The van der Waals surface area contributed by atoms with Crippen LogP contribution in [0.5, 0.6) is 11.5 Å². The summed E-state index contributed by atoms with van der Waals surface area (Å²) in [5.41, 5.74) is 0.656. The third-order valence-corrected chi connectivity index (χ3v) is 9.03. The van der Waals surface area contributed by atoms with Crippen molar-refractivity contribution in [3.63, 3.8) is 0 Å². The molecular weight excluding hydrogens is 464 g/mol. The first-order valence-corrected chi connectivity index (χ1v) is 14.0. The van der Waals surface area contributed by atoms with Gasteiger partial charge >= 0.3 is 0 Å². The number of nitrogens with one attached hydrogen (secondary N) is 1. The lowest BCUT2D eigenvalue weighted by atomic mass is 9.84. The van der Waals surface area contributed by atoms with E-state index in [-0.39, 0.29) is 16.4 Å². The number of piperidine rings is 1. The molecular formula is C27H36N2O5S. The number of carbonyl (C=O) groups excluding carboxylic acids is 1. The summed E-state index contributed by atoms with van der Waals surface area (Å²) in [6, 6.07) is 11.6. The Bertz CT molecular complexity index is 1170. The number of carbonyl (C=O) groups is 1. The monoisotopic (exact) mass is 500 g/mol. The molecule has 7 nitrogen and oxygen atoms in total. The molecule has 1 N–H and O–H groups in total. The lowest BCUT2D eigenvalue weighted by molar-refractivity contribution is 0.0260. The van der Waals surface area contributed by atoms with Gasteiger partial charge in [0.25, 0.3) is 5.91 Å². The summed E-state index contributed by atoms with van der Waals surface area (Å²) in [6.07, 6.45) is 3.95. The van der Waals surface area contributed by atoms with Gasteiger partial charge in [-0.3, -0.25) is 4.79 Å². The molecule has 0 spiro atoms. The zero-order chi connectivity index (χ0) is 25.2. The van der Waals surface area contributed by atoms with Crippen molar-refractivity contribution in [2.45, 2.75) is 69.4 Å². The van der Waals surface area contributed by atoms with Gasteiger partial charge in [0.1, 0.15) is 17.1 Å². The zero-order valence-electron chi connectivity index (χ0n) is 21.0. The first-order valence-electron chi connectivity index (χ1n) is 12.5. The summed E-state index contributed by atoms with van der Waals surface area (Å²) in [6.45, 7) is 7.62. The van der Waals surface area contributed by atoms with Crippen molar-refractivity contribution >= 4 is 15.9 Å². The fourth-order valence-corrected chi connectivity index (χ4v) is 6.31. The molecule has 0 aliphatic carbocycles. The molecule has 1 amide bonds. The summed E-state index contributed by atoms with van der Waals surface area (Å²) < 4.78 is 41.8. The molecule has 4 rings (SSSR count). The molecule has 190 valence electrons. The summed E-state index contributed by atoms with van der Waals surface area (Å²) >= 11 is 0. The van der Waals surface area contributed by atoms with Crippen LogP contribution >= 0.6 is 0 Å². The van der Waals surface area contributed by atoms with Gasteiger partial charge in [-0.1, -0.05) is 39.0 Å². The van der Waals surface area contributed by atoms with Gasteiger partial charge in [-0.2, -0.15) is 0 Å². The Morgan fingerprint density at radius 1 is 1.14 bits per heavy atom. The Labute approximate surface area is 208 Å². The molecule has 2 aromatic carbocycles. The second kappa shape index (κ2) is 10.2. The van der Waals surface area contributed by atoms with Crippen LogP contribution in [0.25, 0.3) is 0 Å². The molecule has 0 aromatic heterocycles. The topological polar surface area (TPSA) is 84.9 Å². The first kappa shape index (κ1) is 25.5. The lowest BCUT2D eigenvalue weighted by Crippen LogP contribution is -2.44. The number of hydrogen-bond acceptors (Lipinski definition) is 5. The summed E-state index contributed by atoms with van der Waals surface area (Å²) in [5, 5.41) is 0. The highest BCUT2D eigenvalue weighted by molar-refractivity contribution is 7.89. The van der Waals surface area contributed by atoms with Crippen molar-refractivity contribution in [2.24, 2.45) is 5.92 Å². The number of fused-ring (bicyclic) bond motifs is 1. The standard InChI is InChI=1S/C27H36N2O5S/c1-5-27(6-2)18-23(21-9-7-8-10-25(21)34-27)28-35(31,32)20-11-12-24(33-4)22(17-20)26(30)29-15-13-19(3)14-16-29/h7-12,17,19,23,28H,5-6,13-16,18H2,1-4H3/t23-/m1/s1. The van der Waals surface area contributed by atoms with Gasteiger partial charge in [-0.25, -0.2) is 13.1 Å². The predicted octanol–water partition coefficient (Wildman–Crippen LogP) is 4.93. The molecule has 2 heterocycles. The van der Waals surface area contributed by atoms with Gasteiger partial charge < -0.3 is 14.4 Å². The molecule has 1 atom stereocenters. The number of benzene rings is 2. The van der Waals surface area contributed by atoms with Crippen LogP contribution in [0, 0.1) is 5.92 Å². The van der Waals surface area contributed by atoms with Crippen LogP contribution in [0.1, 0.15) is 74.8 Å². The van der Waals surface area contributed by atoms with Gasteiger partial charge in [0, 0.05) is 25.1 Å². The number of methoxy groups -OCH3 is 1. The van der Waals surface area contributed by atoms with E-state index in [1.165, 1.54) is 19.2 Å². The molecule has 1 saturated heterocycles. The predicted molar refractivity (Wildman–Crippen MR) is 135 cm³/mol. The van der Waals surface area contributed by atoms with Crippen LogP contribution in [0.2, 0.25) is 0 Å². The number of likely N-dealkylation sites (tertiary alicyclic amines) is 1. The number of ether oxygens (including phenoxy) is 2. The molecule has 0 unspecified atom stereocenters. The molecule has 2 aliphatic heterocycles. The third-order valence-electron chi connectivity index (χ3n) is 7.57. The molecule has 1 fully saturated rings. The summed E-state index contributed by atoms with van der Waals surface area (Å²) in [5.74, 6) is 1.47. The van der Waals surface area contributed by atoms with Crippen LogP contribution in [0.15, 0.2) is 47.4 Å². The van der Waals surface area contributed by atoms with E-state index in [2.05, 4.69) is 25.5 Å². The van der Waals surface area contributed by atoms with Crippen molar-refractivity contribution in [3.05, 3.63) is 53.6 Å². The SMILES string of the molecule is CCC1(CC)C[C@@H](NS(=O)(=O)c2ccc(OC)c(C(=O)N3CCC(C)CC3)c2)c2ccccc2O1. The molecule has 2 aromatic rings. The van der Waals surface area contributed by atoms with Crippen molar-refractivity contribution in [3.8, 4) is 11.5 Å². The zero-order valence-corrected chi connectivity index (χ0v) is 21.9. The van der Waals surface area contributed by atoms with E-state index in [9.17, 15) is 13.2 Å². The van der Waals surface area contributed by atoms with E-state index in [0.717, 1.165) is 31.2 Å². The summed E-state index contributed by atoms with van der Waals surface area (Å²) in [7, 11) is -2.43. The van der Waals surface area contributed by atoms with E-state index in [0.29, 0.717) is 36.9 Å². The maximum Gasteiger partial charge on any atom is 0.257 e. The quantitative estimate of drug-likeness (QED) is 0.583. The Balaban J connectivity index is 1.65. The molecule has 2 aliphatic rings. The number of nitrogens with zero attached hydrogens (tertiary/aromatic N) is 1. The van der Waals surface area contributed by atoms with Crippen molar-refractivity contribution < 1.29 is 22.7 Å². The van der Waals surface area contributed by atoms with Gasteiger partial charge in [-0.15, -0.1) is 0 Å². The van der Waals surface area contributed by atoms with Gasteiger partial charge in [0.15, 0.2) is 0 Å². The molecule has 0 radical (unpaired) electrons. The Kier molecular flexibility index (Phi) is 7.43.